The van der Waals surface area contributed by atoms with Crippen LogP contribution >= 0.6 is 0 Å². The van der Waals surface area contributed by atoms with Gasteiger partial charge in [-0.2, -0.15) is 0 Å². The van der Waals surface area contributed by atoms with Crippen molar-refractivity contribution in [2.45, 2.75) is 13.5 Å². The zero-order valence-corrected chi connectivity index (χ0v) is 13.6. The molecule has 116 valence electrons. The Hall–Kier alpha value is -2.49. The normalized spacial score (nSPS) is 10.2. The highest BCUT2D eigenvalue weighted by Gasteiger charge is 2.04. The molecule has 0 atom stereocenters. The van der Waals surface area contributed by atoms with Crippen molar-refractivity contribution in [3.63, 3.8) is 0 Å². The number of nitrogens with zero attached hydrogens (tertiary/aromatic N) is 2. The number of hydrogen-bond acceptors (Lipinski definition) is 3. The van der Waals surface area contributed by atoms with E-state index in [2.05, 4.69) is 59.6 Å². The van der Waals surface area contributed by atoms with Crippen molar-refractivity contribution >= 4 is 23.5 Å². The van der Waals surface area contributed by atoms with E-state index < -0.39 is 0 Å². The van der Waals surface area contributed by atoms with Gasteiger partial charge in [0.1, 0.15) is 0 Å². The number of nitrogens with one attached hydrogen (secondary N) is 1. The molecule has 0 saturated heterocycles. The number of benzene rings is 2. The van der Waals surface area contributed by atoms with Crippen molar-refractivity contribution < 1.29 is 4.79 Å². The predicted molar refractivity (Wildman–Crippen MR) is 92.8 cm³/mol. The van der Waals surface area contributed by atoms with Gasteiger partial charge in [-0.3, -0.25) is 4.79 Å². The van der Waals surface area contributed by atoms with Crippen LogP contribution in [0.3, 0.4) is 0 Å². The summed E-state index contributed by atoms with van der Waals surface area (Å²) >= 11 is 0. The molecule has 2 aromatic rings. The third-order valence-electron chi connectivity index (χ3n) is 3.62. The van der Waals surface area contributed by atoms with Gasteiger partial charge in [0.25, 0.3) is 0 Å². The van der Waals surface area contributed by atoms with Gasteiger partial charge in [-0.1, -0.05) is 6.07 Å². The Morgan fingerprint density at radius 2 is 1.64 bits per heavy atom. The van der Waals surface area contributed by atoms with Crippen LogP contribution < -0.4 is 10.2 Å². The molecule has 0 spiro atoms. The smallest absolute Gasteiger partial charge is 0.209 e. The Morgan fingerprint density at radius 3 is 2.23 bits per heavy atom. The first-order valence-corrected chi connectivity index (χ1v) is 7.29. The van der Waals surface area contributed by atoms with Gasteiger partial charge >= 0.3 is 0 Å². The summed E-state index contributed by atoms with van der Waals surface area (Å²) in [6.45, 7) is 2.67. The summed E-state index contributed by atoms with van der Waals surface area (Å²) in [4.78, 5) is 14.5. The number of amides is 1. The number of aryl methyl sites for hydroxylation is 1. The summed E-state index contributed by atoms with van der Waals surface area (Å²) in [5, 5.41) is 3.40. The molecule has 0 unspecified atom stereocenters. The van der Waals surface area contributed by atoms with Crippen molar-refractivity contribution in [1.29, 1.82) is 0 Å². The van der Waals surface area contributed by atoms with Crippen LogP contribution in [0.15, 0.2) is 42.5 Å². The van der Waals surface area contributed by atoms with Crippen LogP contribution in [0.5, 0.6) is 0 Å². The highest BCUT2D eigenvalue weighted by atomic mass is 16.1. The molecule has 4 heteroatoms. The second-order valence-corrected chi connectivity index (χ2v) is 5.73. The topological polar surface area (TPSA) is 35.6 Å². The molecule has 0 aliphatic rings. The Morgan fingerprint density at radius 1 is 1.00 bits per heavy atom. The second kappa shape index (κ2) is 6.98. The van der Waals surface area contributed by atoms with Crippen molar-refractivity contribution in [2.75, 3.05) is 31.4 Å². The Balaban J connectivity index is 2.15. The van der Waals surface area contributed by atoms with Gasteiger partial charge in [0.2, 0.25) is 6.41 Å². The summed E-state index contributed by atoms with van der Waals surface area (Å²) in [6, 6.07) is 14.5. The van der Waals surface area contributed by atoms with Crippen LogP contribution in [0.2, 0.25) is 0 Å². The molecule has 0 aliphatic heterocycles. The molecule has 0 radical (unpaired) electrons. The molecule has 0 saturated carbocycles. The van der Waals surface area contributed by atoms with Gasteiger partial charge in [-0.15, -0.1) is 0 Å². The first-order valence-electron chi connectivity index (χ1n) is 7.29. The van der Waals surface area contributed by atoms with E-state index >= 15 is 0 Å². The molecule has 1 amide bonds. The van der Waals surface area contributed by atoms with Crippen molar-refractivity contribution in [2.24, 2.45) is 0 Å². The Labute approximate surface area is 132 Å². The van der Waals surface area contributed by atoms with Crippen molar-refractivity contribution in [1.82, 2.24) is 4.90 Å². The van der Waals surface area contributed by atoms with E-state index in [4.69, 9.17) is 0 Å². The average Bonchev–Trinajstić information content (AvgIpc) is 2.51. The van der Waals surface area contributed by atoms with Crippen LogP contribution in [0.25, 0.3) is 0 Å². The maximum absolute atomic E-state index is 10.8. The summed E-state index contributed by atoms with van der Waals surface area (Å²) < 4.78 is 0. The zero-order valence-electron chi connectivity index (χ0n) is 13.6. The highest BCUT2D eigenvalue weighted by Crippen LogP contribution is 2.22. The number of carbonyl (C=O) groups is 1. The molecule has 22 heavy (non-hydrogen) atoms. The van der Waals surface area contributed by atoms with Gasteiger partial charge in [-0.25, -0.2) is 0 Å². The van der Waals surface area contributed by atoms with E-state index in [1.807, 2.05) is 14.1 Å². The van der Waals surface area contributed by atoms with Gasteiger partial charge in [-0.05, 0) is 54.4 Å². The molecule has 4 nitrogen and oxygen atoms in total. The number of carbonyl (C=O) groups excluding carboxylic acids is 1. The molecular weight excluding hydrogens is 274 g/mol. The Kier molecular flexibility index (Phi) is 5.04. The van der Waals surface area contributed by atoms with E-state index in [9.17, 15) is 4.79 Å². The third-order valence-corrected chi connectivity index (χ3v) is 3.62. The Bertz CT molecular complexity index is 635. The minimum Gasteiger partial charge on any atom is -0.378 e. The first kappa shape index (κ1) is 15.9. The summed E-state index contributed by atoms with van der Waals surface area (Å²) in [5.74, 6) is 0. The second-order valence-electron chi connectivity index (χ2n) is 5.73. The van der Waals surface area contributed by atoms with E-state index in [1.54, 1.807) is 11.9 Å². The number of hydrogen-bond donors (Lipinski definition) is 1. The average molecular weight is 297 g/mol. The minimum absolute atomic E-state index is 0.615. The van der Waals surface area contributed by atoms with Crippen LogP contribution in [0, 0.1) is 6.92 Å². The lowest BCUT2D eigenvalue weighted by atomic mass is 10.1. The molecule has 0 aromatic heterocycles. The van der Waals surface area contributed by atoms with E-state index in [1.165, 1.54) is 11.3 Å². The van der Waals surface area contributed by atoms with Crippen LogP contribution in [0.4, 0.5) is 17.1 Å². The van der Waals surface area contributed by atoms with E-state index in [-0.39, 0.29) is 0 Å². The maximum atomic E-state index is 10.8. The largest absolute Gasteiger partial charge is 0.378 e. The van der Waals surface area contributed by atoms with E-state index in [0.717, 1.165) is 23.3 Å². The third kappa shape index (κ3) is 4.01. The SMILES string of the molecule is Cc1ccc(Nc2ccc(N(C)C)cc2)cc1CN(C)C=O. The minimum atomic E-state index is 0.615. The van der Waals surface area contributed by atoms with Crippen molar-refractivity contribution in [3.8, 4) is 0 Å². The first-order chi connectivity index (χ1) is 10.5. The fourth-order valence-electron chi connectivity index (χ4n) is 2.24. The molecule has 0 bridgehead atoms. The monoisotopic (exact) mass is 297 g/mol. The van der Waals surface area contributed by atoms with Gasteiger partial charge < -0.3 is 15.1 Å². The van der Waals surface area contributed by atoms with Gasteiger partial charge in [0, 0.05) is 44.7 Å². The van der Waals surface area contributed by atoms with Crippen LogP contribution in [-0.2, 0) is 11.3 Å². The number of rotatable bonds is 6. The predicted octanol–water partition coefficient (Wildman–Crippen LogP) is 3.39. The summed E-state index contributed by atoms with van der Waals surface area (Å²) in [7, 11) is 5.84. The molecule has 2 rings (SSSR count). The van der Waals surface area contributed by atoms with Gasteiger partial charge in [0.05, 0.1) is 0 Å². The van der Waals surface area contributed by atoms with E-state index in [0.29, 0.717) is 6.54 Å². The fraction of sp³-hybridized carbons (Fsp3) is 0.278. The summed E-state index contributed by atoms with van der Waals surface area (Å²) in [6.07, 6.45) is 0.847. The van der Waals surface area contributed by atoms with Crippen LogP contribution in [-0.4, -0.2) is 32.5 Å². The molecule has 0 aliphatic carbocycles. The quantitative estimate of drug-likeness (QED) is 0.830. The molecule has 2 aromatic carbocycles. The maximum Gasteiger partial charge on any atom is 0.209 e. The van der Waals surface area contributed by atoms with Crippen molar-refractivity contribution in [3.05, 3.63) is 53.6 Å². The lowest BCUT2D eigenvalue weighted by Crippen LogP contribution is -2.15. The highest BCUT2D eigenvalue weighted by molar-refractivity contribution is 5.64. The zero-order chi connectivity index (χ0) is 16.1. The number of anilines is 3. The van der Waals surface area contributed by atoms with Crippen LogP contribution in [0.1, 0.15) is 11.1 Å². The molecule has 0 fully saturated rings. The van der Waals surface area contributed by atoms with Gasteiger partial charge in [0.15, 0.2) is 0 Å². The molecule has 0 heterocycles. The standard InChI is InChI=1S/C18H23N3O/c1-14-5-6-17(11-15(14)12-21(4)13-22)19-16-7-9-18(10-8-16)20(2)3/h5-11,13,19H,12H2,1-4H3. The molecular formula is C18H23N3O. The summed E-state index contributed by atoms with van der Waals surface area (Å²) in [5.41, 5.74) is 5.57. The molecule has 1 N–H and O–H groups in total. The lowest BCUT2D eigenvalue weighted by molar-refractivity contribution is -0.117. The fourth-order valence-corrected chi connectivity index (χ4v) is 2.24. The lowest BCUT2D eigenvalue weighted by Gasteiger charge is -2.16.